The molecule has 6 nitrogen and oxygen atoms in total. The van der Waals surface area contributed by atoms with Crippen molar-refractivity contribution in [3.05, 3.63) is 53.9 Å². The van der Waals surface area contributed by atoms with Crippen molar-refractivity contribution in [2.45, 2.75) is 94.3 Å². The van der Waals surface area contributed by atoms with Gasteiger partial charge in [0.15, 0.2) is 0 Å². The molecule has 33 heavy (non-hydrogen) atoms. The Labute approximate surface area is 197 Å². The Hall–Kier alpha value is -2.34. The monoisotopic (exact) mass is 451 g/mol. The highest BCUT2D eigenvalue weighted by Crippen LogP contribution is 2.36. The normalized spacial score (nSPS) is 28.7. The number of ether oxygens (including phenoxy) is 2. The fourth-order valence-electron chi connectivity index (χ4n) is 6.05. The average molecular weight is 452 g/mol. The largest absolute Gasteiger partial charge is 0.446 e. The molecule has 0 radical (unpaired) electrons. The van der Waals surface area contributed by atoms with Crippen LogP contribution in [0.15, 0.2) is 42.6 Å². The molecule has 178 valence electrons. The number of rotatable bonds is 6. The summed E-state index contributed by atoms with van der Waals surface area (Å²) in [5.74, 6) is 0.817. The fourth-order valence-corrected chi connectivity index (χ4v) is 6.05. The first-order valence-corrected chi connectivity index (χ1v) is 12.9. The van der Waals surface area contributed by atoms with Crippen molar-refractivity contribution in [1.82, 2.24) is 15.1 Å². The van der Waals surface area contributed by atoms with E-state index >= 15 is 0 Å². The number of nitrogens with one attached hydrogen (secondary N) is 1. The van der Waals surface area contributed by atoms with Crippen LogP contribution in [0, 0.1) is 0 Å². The zero-order chi connectivity index (χ0) is 22.5. The van der Waals surface area contributed by atoms with Gasteiger partial charge in [0.25, 0.3) is 0 Å². The number of nitrogens with zero attached hydrogens (tertiary/aromatic N) is 2. The van der Waals surface area contributed by atoms with Crippen LogP contribution in [0.2, 0.25) is 0 Å². The van der Waals surface area contributed by atoms with Gasteiger partial charge in [-0.15, -0.1) is 0 Å². The molecule has 2 heterocycles. The van der Waals surface area contributed by atoms with Gasteiger partial charge in [0.1, 0.15) is 6.10 Å². The highest BCUT2D eigenvalue weighted by atomic mass is 16.6. The third-order valence-corrected chi connectivity index (χ3v) is 7.93. The molecule has 1 N–H and O–H groups in total. The number of hydrogen-bond donors (Lipinski definition) is 1. The lowest BCUT2D eigenvalue weighted by Gasteiger charge is -2.41. The summed E-state index contributed by atoms with van der Waals surface area (Å²) in [6.07, 6.45) is 12.8. The molecule has 3 fully saturated rings. The van der Waals surface area contributed by atoms with Gasteiger partial charge in [-0.2, -0.15) is 5.10 Å². The van der Waals surface area contributed by atoms with E-state index in [-0.39, 0.29) is 30.3 Å². The van der Waals surface area contributed by atoms with E-state index in [4.69, 9.17) is 9.47 Å². The zero-order valence-electron chi connectivity index (χ0n) is 19.5. The predicted molar refractivity (Wildman–Crippen MR) is 127 cm³/mol. The minimum atomic E-state index is -0.163. The third-order valence-electron chi connectivity index (χ3n) is 7.93. The van der Waals surface area contributed by atoms with Crippen molar-refractivity contribution >= 4 is 6.09 Å². The highest BCUT2D eigenvalue weighted by molar-refractivity contribution is 5.68. The zero-order valence-corrected chi connectivity index (χ0v) is 19.5. The van der Waals surface area contributed by atoms with Crippen molar-refractivity contribution in [2.24, 2.45) is 0 Å². The Morgan fingerprint density at radius 3 is 2.45 bits per heavy atom. The summed E-state index contributed by atoms with van der Waals surface area (Å²) in [4.78, 5) is 15.1. The number of H-pyrrole nitrogens is 1. The molecule has 3 aliphatic rings. The van der Waals surface area contributed by atoms with Crippen molar-refractivity contribution in [3.63, 3.8) is 0 Å². The maximum absolute atomic E-state index is 13.2. The molecule has 5 rings (SSSR count). The number of piperidine rings is 1. The summed E-state index contributed by atoms with van der Waals surface area (Å²) in [5.41, 5.74) is 2.47. The van der Waals surface area contributed by atoms with Crippen LogP contribution in [-0.2, 0) is 9.47 Å². The van der Waals surface area contributed by atoms with E-state index < -0.39 is 0 Å². The number of hydrogen-bond acceptors (Lipinski definition) is 4. The maximum atomic E-state index is 13.2. The quantitative estimate of drug-likeness (QED) is 0.604. The first-order valence-electron chi connectivity index (χ1n) is 12.9. The van der Waals surface area contributed by atoms with Crippen molar-refractivity contribution in [1.29, 1.82) is 0 Å². The molecule has 1 aliphatic heterocycles. The van der Waals surface area contributed by atoms with Crippen LogP contribution in [-0.4, -0.2) is 52.6 Å². The van der Waals surface area contributed by atoms with Crippen LogP contribution < -0.4 is 0 Å². The SMILES string of the molecule is O=C(OC1CCCC1)N1CCC[C@H](c2cc[nH]n2)[C@@H]1CO[C@H]1CC[C@@H](c2ccccc2)CC1. The highest BCUT2D eigenvalue weighted by Gasteiger charge is 2.39. The Morgan fingerprint density at radius 2 is 1.73 bits per heavy atom. The lowest BCUT2D eigenvalue weighted by Crippen LogP contribution is -2.51. The molecule has 2 aromatic rings. The van der Waals surface area contributed by atoms with Crippen LogP contribution >= 0.6 is 0 Å². The van der Waals surface area contributed by atoms with E-state index in [0.717, 1.165) is 76.4 Å². The molecule has 2 atom stereocenters. The molecule has 0 bridgehead atoms. The maximum Gasteiger partial charge on any atom is 0.410 e. The van der Waals surface area contributed by atoms with Gasteiger partial charge >= 0.3 is 6.09 Å². The summed E-state index contributed by atoms with van der Waals surface area (Å²) in [6, 6.07) is 12.9. The number of aromatic nitrogens is 2. The minimum absolute atomic E-state index is 0.0252. The van der Waals surface area contributed by atoms with Gasteiger partial charge in [-0.05, 0) is 81.8 Å². The van der Waals surface area contributed by atoms with E-state index in [1.807, 2.05) is 17.2 Å². The first kappa shape index (κ1) is 22.5. The van der Waals surface area contributed by atoms with Crippen LogP contribution in [0.3, 0.4) is 0 Å². The van der Waals surface area contributed by atoms with Gasteiger partial charge < -0.3 is 14.4 Å². The summed E-state index contributed by atoms with van der Waals surface area (Å²) in [6.45, 7) is 1.29. The average Bonchev–Trinajstić information content (AvgIpc) is 3.58. The molecule has 0 spiro atoms. The van der Waals surface area contributed by atoms with Gasteiger partial charge in [0.05, 0.1) is 24.4 Å². The molecule has 1 aromatic carbocycles. The van der Waals surface area contributed by atoms with Crippen LogP contribution in [0.4, 0.5) is 4.79 Å². The molecular formula is C27H37N3O3. The molecule has 1 saturated heterocycles. The van der Waals surface area contributed by atoms with E-state index in [0.29, 0.717) is 12.5 Å². The van der Waals surface area contributed by atoms with Crippen molar-refractivity contribution in [2.75, 3.05) is 13.2 Å². The predicted octanol–water partition coefficient (Wildman–Crippen LogP) is 5.78. The second kappa shape index (κ2) is 10.7. The van der Waals surface area contributed by atoms with Crippen LogP contribution in [0.5, 0.6) is 0 Å². The van der Waals surface area contributed by atoms with E-state index in [1.54, 1.807) is 0 Å². The molecule has 1 aromatic heterocycles. The number of carbonyl (C=O) groups is 1. The van der Waals surface area contributed by atoms with Gasteiger partial charge in [-0.3, -0.25) is 5.10 Å². The van der Waals surface area contributed by atoms with Gasteiger partial charge in [-0.1, -0.05) is 30.3 Å². The Morgan fingerprint density at radius 1 is 0.939 bits per heavy atom. The number of likely N-dealkylation sites (tertiary alicyclic amines) is 1. The fraction of sp³-hybridized carbons (Fsp3) is 0.630. The summed E-state index contributed by atoms with van der Waals surface area (Å²) in [7, 11) is 0. The smallest absolute Gasteiger partial charge is 0.410 e. The Bertz CT molecular complexity index is 858. The third kappa shape index (κ3) is 5.43. The van der Waals surface area contributed by atoms with Crippen LogP contribution in [0.25, 0.3) is 0 Å². The molecule has 0 unspecified atom stereocenters. The lowest BCUT2D eigenvalue weighted by molar-refractivity contribution is -0.0307. The number of carbonyl (C=O) groups excluding carboxylic acids is 1. The first-order chi connectivity index (χ1) is 16.3. The number of benzene rings is 1. The second-order valence-corrected chi connectivity index (χ2v) is 10.0. The molecule has 1 amide bonds. The summed E-state index contributed by atoms with van der Waals surface area (Å²) in [5, 5.41) is 7.42. The van der Waals surface area contributed by atoms with Gasteiger partial charge in [-0.25, -0.2) is 4.79 Å². The van der Waals surface area contributed by atoms with E-state index in [9.17, 15) is 4.79 Å². The summed E-state index contributed by atoms with van der Waals surface area (Å²) >= 11 is 0. The minimum Gasteiger partial charge on any atom is -0.446 e. The van der Waals surface area contributed by atoms with Gasteiger partial charge in [0, 0.05) is 18.7 Å². The molecule has 6 heteroatoms. The molecule has 2 aliphatic carbocycles. The van der Waals surface area contributed by atoms with E-state index in [1.165, 1.54) is 5.56 Å². The van der Waals surface area contributed by atoms with E-state index in [2.05, 4.69) is 40.5 Å². The van der Waals surface area contributed by atoms with Crippen molar-refractivity contribution in [3.8, 4) is 0 Å². The number of amides is 1. The molecule has 2 saturated carbocycles. The second-order valence-electron chi connectivity index (χ2n) is 10.0. The topological polar surface area (TPSA) is 67.5 Å². The van der Waals surface area contributed by atoms with Crippen LogP contribution in [0.1, 0.15) is 87.3 Å². The summed E-state index contributed by atoms with van der Waals surface area (Å²) < 4.78 is 12.4. The van der Waals surface area contributed by atoms with Crippen molar-refractivity contribution < 1.29 is 14.3 Å². The lowest BCUT2D eigenvalue weighted by atomic mass is 9.82. The standard InChI is InChI=1S/C27H37N3O3/c31-27(33-23-9-4-5-10-23)30-18-6-11-24(25-16-17-28-29-25)26(30)19-32-22-14-12-21(13-15-22)20-7-2-1-3-8-20/h1-3,7-8,16-17,21-24,26H,4-6,9-15,18-19H2,(H,28,29)/t21-,22+,24-,26+/m1/s1. The Balaban J connectivity index is 1.22. The van der Waals surface area contributed by atoms with Gasteiger partial charge in [0.2, 0.25) is 0 Å². The molecular weight excluding hydrogens is 414 g/mol. The Kier molecular flexibility index (Phi) is 7.30. The number of aromatic amines is 1.